The fourth-order valence-corrected chi connectivity index (χ4v) is 4.95. The van der Waals surface area contributed by atoms with Crippen LogP contribution in [0.2, 0.25) is 0 Å². The van der Waals surface area contributed by atoms with Crippen LogP contribution >= 0.6 is 11.8 Å². The summed E-state index contributed by atoms with van der Waals surface area (Å²) in [7, 11) is 0. The van der Waals surface area contributed by atoms with Gasteiger partial charge < -0.3 is 19.8 Å². The summed E-state index contributed by atoms with van der Waals surface area (Å²) in [5, 5.41) is 5.60. The van der Waals surface area contributed by atoms with Gasteiger partial charge in [-0.3, -0.25) is 9.59 Å². The molecule has 8 nitrogen and oxygen atoms in total. The minimum atomic E-state index is -1.10. The van der Waals surface area contributed by atoms with Crippen LogP contribution in [0.25, 0.3) is 11.1 Å². The molecule has 0 spiro atoms. The number of alkyl carbamates (subject to hydrolysis) is 1. The number of nitrogens with zero attached hydrogens (tertiary/aromatic N) is 1. The van der Waals surface area contributed by atoms with Crippen LogP contribution in [0, 0.1) is 0 Å². The fraction of sp³-hybridized carbons (Fsp3) is 0.407. The summed E-state index contributed by atoms with van der Waals surface area (Å²) >= 11 is 1.52. The molecule has 2 amide bonds. The van der Waals surface area contributed by atoms with Crippen LogP contribution < -0.4 is 10.6 Å². The number of ketones is 1. The lowest BCUT2D eigenvalue weighted by Gasteiger charge is -2.40. The van der Waals surface area contributed by atoms with Crippen LogP contribution in [0.3, 0.4) is 0 Å². The number of amides is 2. The number of carbonyl (C=O) groups excluding carboxylic acids is 3. The molecule has 2 N–H and O–H groups in total. The van der Waals surface area contributed by atoms with Crippen molar-refractivity contribution in [2.45, 2.75) is 63.0 Å². The number of carbonyl (C=O) groups is 3. The Labute approximate surface area is 214 Å². The van der Waals surface area contributed by atoms with E-state index >= 15 is 0 Å². The zero-order chi connectivity index (χ0) is 25.8. The monoisotopic (exact) mass is 509 g/mol. The molecule has 1 fully saturated rings. The average molecular weight is 510 g/mol. The number of hydrogen-bond donors (Lipinski definition) is 2. The van der Waals surface area contributed by atoms with Crippen LogP contribution in [0.1, 0.15) is 56.3 Å². The molecule has 1 atom stereocenters. The zero-order valence-corrected chi connectivity index (χ0v) is 21.5. The van der Waals surface area contributed by atoms with Gasteiger partial charge in [0.05, 0.1) is 0 Å². The molecule has 0 saturated heterocycles. The second-order valence-corrected chi connectivity index (χ2v) is 11.0. The normalized spacial score (nSPS) is 15.5. The number of ether oxygens (including phenoxy) is 1. The SMILES string of the molecule is CC(C)(C)OC(=O)N[C@@H](CSCc1ccccc1)C(=O)NC1(C(=O)c2nc3ccccc3o2)CCC1. The lowest BCUT2D eigenvalue weighted by Crippen LogP contribution is -2.63. The molecule has 1 aliphatic rings. The standard InChI is InChI=1S/C27H31N3O5S/c1-26(2,3)35-25(33)29-20(17-36-16-18-10-5-4-6-11-18)23(32)30-27(14-9-15-27)22(31)24-28-19-12-7-8-13-21(19)34-24/h4-8,10-13,20H,9,14-17H2,1-3H3,(H,29,33)(H,30,32)/t20-/m0/s1. The Hall–Kier alpha value is -3.33. The molecule has 0 unspecified atom stereocenters. The first-order chi connectivity index (χ1) is 17.2. The van der Waals surface area contributed by atoms with Crippen molar-refractivity contribution in [2.75, 3.05) is 5.75 Å². The number of para-hydroxylation sites is 2. The summed E-state index contributed by atoms with van der Waals surface area (Å²) in [5.41, 5.74) is 0.406. The quantitative estimate of drug-likeness (QED) is 0.396. The van der Waals surface area contributed by atoms with Crippen LogP contribution in [0.5, 0.6) is 0 Å². The van der Waals surface area contributed by atoms with Gasteiger partial charge in [0.25, 0.3) is 5.89 Å². The fourth-order valence-electron chi connectivity index (χ4n) is 3.94. The van der Waals surface area contributed by atoms with Crippen LogP contribution in [0.15, 0.2) is 59.0 Å². The second kappa shape index (κ2) is 10.7. The molecule has 1 aromatic heterocycles. The predicted octanol–water partition coefficient (Wildman–Crippen LogP) is 4.88. The summed E-state index contributed by atoms with van der Waals surface area (Å²) < 4.78 is 11.1. The van der Waals surface area contributed by atoms with Gasteiger partial charge in [0.1, 0.15) is 22.7 Å². The highest BCUT2D eigenvalue weighted by Gasteiger charge is 2.48. The molecule has 9 heteroatoms. The summed E-state index contributed by atoms with van der Waals surface area (Å²) in [6, 6.07) is 16.1. The van der Waals surface area contributed by atoms with Gasteiger partial charge in [-0.1, -0.05) is 42.5 Å². The lowest BCUT2D eigenvalue weighted by atomic mass is 9.73. The van der Waals surface area contributed by atoms with E-state index in [-0.39, 0.29) is 11.7 Å². The van der Waals surface area contributed by atoms with Crippen molar-refractivity contribution in [1.82, 2.24) is 15.6 Å². The van der Waals surface area contributed by atoms with E-state index < -0.39 is 29.2 Å². The maximum Gasteiger partial charge on any atom is 0.408 e. The van der Waals surface area contributed by atoms with E-state index in [1.165, 1.54) is 11.8 Å². The number of nitrogens with one attached hydrogen (secondary N) is 2. The molecule has 2 aromatic carbocycles. The number of thioether (sulfide) groups is 1. The highest BCUT2D eigenvalue weighted by atomic mass is 32.2. The molecular formula is C27H31N3O5S. The van der Waals surface area contributed by atoms with Crippen molar-refractivity contribution in [2.24, 2.45) is 0 Å². The molecule has 1 heterocycles. The Bertz CT molecular complexity index is 1200. The number of fused-ring (bicyclic) bond motifs is 1. The molecule has 36 heavy (non-hydrogen) atoms. The summed E-state index contributed by atoms with van der Waals surface area (Å²) in [6.07, 6.45) is 1.06. The van der Waals surface area contributed by atoms with Gasteiger partial charge in [-0.2, -0.15) is 11.8 Å². The number of benzene rings is 2. The van der Waals surface area contributed by atoms with Crippen LogP contribution in [-0.4, -0.2) is 45.7 Å². The number of oxazole rings is 1. The first-order valence-electron chi connectivity index (χ1n) is 12.0. The van der Waals surface area contributed by atoms with Crippen LogP contribution in [-0.2, 0) is 15.3 Å². The van der Waals surface area contributed by atoms with Crippen molar-refractivity contribution in [3.63, 3.8) is 0 Å². The molecule has 190 valence electrons. The van der Waals surface area contributed by atoms with Gasteiger partial charge in [0.2, 0.25) is 11.7 Å². The van der Waals surface area contributed by atoms with E-state index in [1.807, 2.05) is 42.5 Å². The molecular weight excluding hydrogens is 478 g/mol. The summed E-state index contributed by atoms with van der Waals surface area (Å²) in [5.74, 6) is 0.170. The minimum absolute atomic E-state index is 0.0219. The van der Waals surface area contributed by atoms with Crippen molar-refractivity contribution >= 4 is 40.6 Å². The summed E-state index contributed by atoms with van der Waals surface area (Å²) in [4.78, 5) is 43.6. The minimum Gasteiger partial charge on any atom is -0.444 e. The smallest absolute Gasteiger partial charge is 0.408 e. The molecule has 1 saturated carbocycles. The Morgan fingerprint density at radius 1 is 1.08 bits per heavy atom. The van der Waals surface area contributed by atoms with Crippen molar-refractivity contribution in [3.8, 4) is 0 Å². The Kier molecular flexibility index (Phi) is 7.68. The summed E-state index contributed by atoms with van der Waals surface area (Å²) in [6.45, 7) is 5.27. The highest BCUT2D eigenvalue weighted by Crippen LogP contribution is 2.35. The molecule has 1 aliphatic carbocycles. The third-order valence-electron chi connectivity index (χ3n) is 5.90. The Morgan fingerprint density at radius 3 is 2.42 bits per heavy atom. The van der Waals surface area contributed by atoms with Crippen molar-refractivity contribution < 1.29 is 23.5 Å². The largest absolute Gasteiger partial charge is 0.444 e. The topological polar surface area (TPSA) is 111 Å². The van der Waals surface area contributed by atoms with Gasteiger partial charge >= 0.3 is 6.09 Å². The van der Waals surface area contributed by atoms with Gasteiger partial charge in [-0.25, -0.2) is 9.78 Å². The van der Waals surface area contributed by atoms with Crippen LogP contribution in [0.4, 0.5) is 4.79 Å². The molecule has 4 rings (SSSR count). The van der Waals surface area contributed by atoms with Gasteiger partial charge in [-0.15, -0.1) is 0 Å². The van der Waals surface area contributed by atoms with Gasteiger partial charge in [0.15, 0.2) is 5.58 Å². The molecule has 3 aromatic rings. The predicted molar refractivity (Wildman–Crippen MR) is 139 cm³/mol. The van der Waals surface area contributed by atoms with E-state index in [4.69, 9.17) is 9.15 Å². The first-order valence-corrected chi connectivity index (χ1v) is 13.1. The Morgan fingerprint density at radius 2 is 1.78 bits per heavy atom. The van der Waals surface area contributed by atoms with Crippen molar-refractivity contribution in [1.29, 1.82) is 0 Å². The van der Waals surface area contributed by atoms with Crippen molar-refractivity contribution in [3.05, 3.63) is 66.1 Å². The number of Topliss-reactive ketones (excluding diaryl/α,β-unsaturated/α-hetero) is 1. The number of rotatable bonds is 9. The Balaban J connectivity index is 1.47. The van der Waals surface area contributed by atoms with E-state index in [9.17, 15) is 14.4 Å². The number of aromatic nitrogens is 1. The van der Waals surface area contributed by atoms with E-state index in [2.05, 4.69) is 15.6 Å². The molecule has 0 aliphatic heterocycles. The van der Waals surface area contributed by atoms with E-state index in [0.29, 0.717) is 35.4 Å². The first kappa shape index (κ1) is 25.8. The molecule has 0 radical (unpaired) electrons. The van der Waals surface area contributed by atoms with Gasteiger partial charge in [-0.05, 0) is 57.7 Å². The molecule has 0 bridgehead atoms. The maximum absolute atomic E-state index is 13.4. The average Bonchev–Trinajstić information content (AvgIpc) is 3.24. The van der Waals surface area contributed by atoms with E-state index in [1.54, 1.807) is 32.9 Å². The number of hydrogen-bond acceptors (Lipinski definition) is 7. The zero-order valence-electron chi connectivity index (χ0n) is 20.7. The second-order valence-electron chi connectivity index (χ2n) is 9.94. The third kappa shape index (κ3) is 6.26. The third-order valence-corrected chi connectivity index (χ3v) is 7.00. The van der Waals surface area contributed by atoms with E-state index in [0.717, 1.165) is 12.0 Å². The lowest BCUT2D eigenvalue weighted by molar-refractivity contribution is -0.125. The maximum atomic E-state index is 13.4. The highest BCUT2D eigenvalue weighted by molar-refractivity contribution is 7.98. The van der Waals surface area contributed by atoms with Gasteiger partial charge in [0, 0.05) is 11.5 Å².